The zero-order chi connectivity index (χ0) is 12.7. The lowest BCUT2D eigenvalue weighted by Gasteiger charge is -2.11. The molecular formula is C11H14ClN3O2. The third-order valence-electron chi connectivity index (χ3n) is 1.97. The summed E-state index contributed by atoms with van der Waals surface area (Å²) in [5, 5.41) is 5.25. The lowest BCUT2D eigenvalue weighted by Crippen LogP contribution is -2.19. The van der Waals surface area contributed by atoms with Crippen LogP contribution in [-0.2, 0) is 9.59 Å². The number of anilines is 2. The predicted molar refractivity (Wildman–Crippen MR) is 68.1 cm³/mol. The Balaban J connectivity index is 2.77. The SMILES string of the molecule is NCCC(=O)Nc1ccccc1NC(=O)CCl. The molecule has 0 fully saturated rings. The molecule has 2 amide bonds. The summed E-state index contributed by atoms with van der Waals surface area (Å²) < 4.78 is 0. The highest BCUT2D eigenvalue weighted by molar-refractivity contribution is 6.29. The molecule has 4 N–H and O–H groups in total. The van der Waals surface area contributed by atoms with Crippen molar-refractivity contribution in [3.8, 4) is 0 Å². The van der Waals surface area contributed by atoms with Crippen molar-refractivity contribution in [2.75, 3.05) is 23.1 Å². The summed E-state index contributed by atoms with van der Waals surface area (Å²) >= 11 is 5.39. The van der Waals surface area contributed by atoms with Crippen LogP contribution in [0.2, 0.25) is 0 Å². The number of hydrogen-bond donors (Lipinski definition) is 3. The maximum Gasteiger partial charge on any atom is 0.239 e. The van der Waals surface area contributed by atoms with Crippen molar-refractivity contribution in [3.63, 3.8) is 0 Å². The van der Waals surface area contributed by atoms with Crippen LogP contribution in [-0.4, -0.2) is 24.2 Å². The van der Waals surface area contributed by atoms with Gasteiger partial charge in [-0.3, -0.25) is 9.59 Å². The average Bonchev–Trinajstić information content (AvgIpc) is 2.31. The first-order chi connectivity index (χ1) is 8.17. The first-order valence-electron chi connectivity index (χ1n) is 5.12. The molecule has 6 heteroatoms. The number of nitrogens with one attached hydrogen (secondary N) is 2. The molecule has 0 unspecified atom stereocenters. The normalized spacial score (nSPS) is 9.76. The van der Waals surface area contributed by atoms with Gasteiger partial charge in [0.1, 0.15) is 5.88 Å². The smallest absolute Gasteiger partial charge is 0.239 e. The molecule has 0 aromatic heterocycles. The second kappa shape index (κ2) is 6.88. The van der Waals surface area contributed by atoms with Gasteiger partial charge in [0.05, 0.1) is 11.4 Å². The van der Waals surface area contributed by atoms with E-state index in [1.54, 1.807) is 24.3 Å². The quantitative estimate of drug-likeness (QED) is 0.690. The van der Waals surface area contributed by atoms with Crippen molar-refractivity contribution in [2.24, 2.45) is 5.73 Å². The Morgan fingerprint density at radius 1 is 1.12 bits per heavy atom. The molecule has 0 saturated carbocycles. The Hall–Kier alpha value is -1.59. The Morgan fingerprint density at radius 3 is 2.12 bits per heavy atom. The van der Waals surface area contributed by atoms with Crippen LogP contribution >= 0.6 is 11.6 Å². The number of halogens is 1. The van der Waals surface area contributed by atoms with Crippen molar-refractivity contribution in [2.45, 2.75) is 6.42 Å². The molecule has 0 aliphatic rings. The van der Waals surface area contributed by atoms with Crippen LogP contribution in [0.25, 0.3) is 0 Å². The molecule has 0 radical (unpaired) electrons. The topological polar surface area (TPSA) is 84.2 Å². The van der Waals surface area contributed by atoms with Gasteiger partial charge in [-0.1, -0.05) is 12.1 Å². The monoisotopic (exact) mass is 255 g/mol. The van der Waals surface area contributed by atoms with Gasteiger partial charge in [-0.25, -0.2) is 0 Å². The third kappa shape index (κ3) is 4.42. The first-order valence-corrected chi connectivity index (χ1v) is 5.65. The number of amides is 2. The zero-order valence-electron chi connectivity index (χ0n) is 9.20. The fourth-order valence-electron chi connectivity index (χ4n) is 1.23. The third-order valence-corrected chi connectivity index (χ3v) is 2.21. The van der Waals surface area contributed by atoms with Crippen molar-refractivity contribution < 1.29 is 9.59 Å². The van der Waals surface area contributed by atoms with E-state index < -0.39 is 0 Å². The van der Waals surface area contributed by atoms with E-state index in [1.807, 2.05) is 0 Å². The summed E-state index contributed by atoms with van der Waals surface area (Å²) in [7, 11) is 0. The maximum absolute atomic E-state index is 11.4. The number of carbonyl (C=O) groups excluding carboxylic acids is 2. The van der Waals surface area contributed by atoms with E-state index in [0.29, 0.717) is 11.4 Å². The number of rotatable bonds is 5. The van der Waals surface area contributed by atoms with Gasteiger partial charge in [-0.15, -0.1) is 11.6 Å². The van der Waals surface area contributed by atoms with Crippen LogP contribution in [0.4, 0.5) is 11.4 Å². The number of nitrogens with two attached hydrogens (primary N) is 1. The second-order valence-electron chi connectivity index (χ2n) is 3.31. The van der Waals surface area contributed by atoms with Crippen molar-refractivity contribution >= 4 is 34.8 Å². The van der Waals surface area contributed by atoms with E-state index in [2.05, 4.69) is 10.6 Å². The van der Waals surface area contributed by atoms with Crippen molar-refractivity contribution in [1.29, 1.82) is 0 Å². The standard InChI is InChI=1S/C11H14ClN3O2/c12-7-11(17)15-9-4-2-1-3-8(9)14-10(16)5-6-13/h1-4H,5-7,13H2,(H,14,16)(H,15,17). The van der Waals surface area contributed by atoms with Crippen LogP contribution in [0.15, 0.2) is 24.3 Å². The molecule has 5 nitrogen and oxygen atoms in total. The van der Waals surface area contributed by atoms with E-state index in [1.165, 1.54) is 0 Å². The van der Waals surface area contributed by atoms with Crippen LogP contribution in [0.3, 0.4) is 0 Å². The Labute approximate surface area is 104 Å². The van der Waals surface area contributed by atoms with E-state index in [4.69, 9.17) is 17.3 Å². The van der Waals surface area contributed by atoms with E-state index >= 15 is 0 Å². The molecule has 1 aromatic rings. The lowest BCUT2D eigenvalue weighted by atomic mass is 10.2. The van der Waals surface area contributed by atoms with E-state index in [9.17, 15) is 9.59 Å². The summed E-state index contributed by atoms with van der Waals surface area (Å²) in [5.74, 6) is -0.655. The van der Waals surface area contributed by atoms with Crippen molar-refractivity contribution in [1.82, 2.24) is 0 Å². The predicted octanol–water partition coefficient (Wildman–Crippen LogP) is 1.15. The average molecular weight is 256 g/mol. The first kappa shape index (κ1) is 13.5. The molecule has 0 atom stereocenters. The Bertz CT molecular complexity index is 409. The van der Waals surface area contributed by atoms with Gasteiger partial charge < -0.3 is 16.4 Å². The molecule has 1 aromatic carbocycles. The van der Waals surface area contributed by atoms with Gasteiger partial charge in [-0.2, -0.15) is 0 Å². The van der Waals surface area contributed by atoms with Crippen LogP contribution < -0.4 is 16.4 Å². The fourth-order valence-corrected chi connectivity index (χ4v) is 1.30. The molecule has 0 spiro atoms. The molecule has 0 heterocycles. The molecule has 92 valence electrons. The molecule has 0 aliphatic carbocycles. The molecule has 0 saturated heterocycles. The number of alkyl halides is 1. The Morgan fingerprint density at radius 2 is 1.65 bits per heavy atom. The van der Waals surface area contributed by atoms with E-state index in [0.717, 1.165) is 0 Å². The summed E-state index contributed by atoms with van der Waals surface area (Å²) in [5.41, 5.74) is 6.32. The maximum atomic E-state index is 11.4. The largest absolute Gasteiger partial charge is 0.330 e. The van der Waals surface area contributed by atoms with Gasteiger partial charge in [0, 0.05) is 13.0 Å². The van der Waals surface area contributed by atoms with Crippen LogP contribution in [0.1, 0.15) is 6.42 Å². The highest BCUT2D eigenvalue weighted by atomic mass is 35.5. The molecule has 1 rings (SSSR count). The molecule has 0 aliphatic heterocycles. The summed E-state index contributed by atoms with van der Waals surface area (Å²) in [6.45, 7) is 0.280. The highest BCUT2D eigenvalue weighted by Crippen LogP contribution is 2.20. The fraction of sp³-hybridized carbons (Fsp3) is 0.273. The highest BCUT2D eigenvalue weighted by Gasteiger charge is 2.07. The Kier molecular flexibility index (Phi) is 5.45. The van der Waals surface area contributed by atoms with Gasteiger partial charge in [-0.05, 0) is 12.1 Å². The molecular weight excluding hydrogens is 242 g/mol. The zero-order valence-corrected chi connectivity index (χ0v) is 9.96. The summed E-state index contributed by atoms with van der Waals surface area (Å²) in [6.07, 6.45) is 0.234. The van der Waals surface area contributed by atoms with Gasteiger partial charge in [0.15, 0.2) is 0 Å². The van der Waals surface area contributed by atoms with E-state index in [-0.39, 0.29) is 30.7 Å². The number of benzene rings is 1. The minimum atomic E-state index is -0.327. The molecule has 0 bridgehead atoms. The summed E-state index contributed by atoms with van der Waals surface area (Å²) in [6, 6.07) is 6.89. The minimum absolute atomic E-state index is 0.134. The number of carbonyl (C=O) groups is 2. The van der Waals surface area contributed by atoms with Gasteiger partial charge in [0.25, 0.3) is 0 Å². The molecule has 17 heavy (non-hydrogen) atoms. The van der Waals surface area contributed by atoms with Crippen molar-refractivity contribution in [3.05, 3.63) is 24.3 Å². The minimum Gasteiger partial charge on any atom is -0.330 e. The van der Waals surface area contributed by atoms with Crippen LogP contribution in [0, 0.1) is 0 Å². The number of para-hydroxylation sites is 2. The van der Waals surface area contributed by atoms with Gasteiger partial charge >= 0.3 is 0 Å². The summed E-state index contributed by atoms with van der Waals surface area (Å²) in [4.78, 5) is 22.6. The second-order valence-corrected chi connectivity index (χ2v) is 3.58. The number of hydrogen-bond acceptors (Lipinski definition) is 3. The lowest BCUT2D eigenvalue weighted by molar-refractivity contribution is -0.116. The van der Waals surface area contributed by atoms with Crippen LogP contribution in [0.5, 0.6) is 0 Å². The van der Waals surface area contributed by atoms with Gasteiger partial charge in [0.2, 0.25) is 11.8 Å².